The molecular formula is C20H25N5O2S. The topological polar surface area (TPSA) is 94.1 Å². The van der Waals surface area contributed by atoms with Crippen LogP contribution in [0.25, 0.3) is 5.69 Å². The predicted molar refractivity (Wildman–Crippen MR) is 107 cm³/mol. The van der Waals surface area contributed by atoms with Crippen LogP contribution in [0.15, 0.2) is 35.5 Å². The van der Waals surface area contributed by atoms with Gasteiger partial charge in [0.25, 0.3) is 0 Å². The number of para-hydroxylation sites is 1. The fourth-order valence-electron chi connectivity index (χ4n) is 3.59. The van der Waals surface area contributed by atoms with Crippen LogP contribution in [0.4, 0.5) is 0 Å². The van der Waals surface area contributed by atoms with E-state index in [1.54, 1.807) is 4.90 Å². The Hall–Kier alpha value is -2.35. The molecule has 2 unspecified atom stereocenters. The zero-order valence-electron chi connectivity index (χ0n) is 16.0. The van der Waals surface area contributed by atoms with E-state index in [1.807, 2.05) is 41.9 Å². The van der Waals surface area contributed by atoms with Crippen LogP contribution in [0, 0.1) is 5.92 Å². The van der Waals surface area contributed by atoms with Gasteiger partial charge < -0.3 is 10.6 Å². The third-order valence-corrected chi connectivity index (χ3v) is 6.26. The molecule has 2 heterocycles. The second-order valence-electron chi connectivity index (χ2n) is 7.56. The number of benzene rings is 1. The fourth-order valence-corrected chi connectivity index (χ4v) is 4.44. The second kappa shape index (κ2) is 7.95. The number of primary amides is 1. The van der Waals surface area contributed by atoms with Crippen molar-refractivity contribution in [2.75, 3.05) is 13.1 Å². The van der Waals surface area contributed by atoms with Crippen LogP contribution in [0.2, 0.25) is 0 Å². The van der Waals surface area contributed by atoms with Gasteiger partial charge in [-0.1, -0.05) is 30.0 Å². The maximum Gasteiger partial charge on any atom is 0.235 e. The van der Waals surface area contributed by atoms with Crippen LogP contribution in [0.3, 0.4) is 0 Å². The summed E-state index contributed by atoms with van der Waals surface area (Å²) in [7, 11) is 0. The molecule has 7 nitrogen and oxygen atoms in total. The Morgan fingerprint density at radius 3 is 2.64 bits per heavy atom. The highest BCUT2D eigenvalue weighted by molar-refractivity contribution is 8.00. The number of thioether (sulfide) groups is 1. The Bertz CT molecular complexity index is 865. The van der Waals surface area contributed by atoms with Crippen LogP contribution in [-0.2, 0) is 9.59 Å². The summed E-state index contributed by atoms with van der Waals surface area (Å²) in [5.74, 6) is 0.869. The molecule has 2 N–H and O–H groups in total. The van der Waals surface area contributed by atoms with Gasteiger partial charge in [-0.25, -0.2) is 9.67 Å². The zero-order chi connectivity index (χ0) is 19.7. The molecule has 1 saturated carbocycles. The minimum atomic E-state index is -0.324. The summed E-state index contributed by atoms with van der Waals surface area (Å²) in [6.07, 6.45) is 3.83. The molecule has 2 aliphatic rings. The van der Waals surface area contributed by atoms with Crippen molar-refractivity contribution in [3.05, 3.63) is 36.2 Å². The first-order valence-corrected chi connectivity index (χ1v) is 10.7. The fraction of sp³-hybridized carbons (Fsp3) is 0.500. The minimum Gasteiger partial charge on any atom is -0.369 e. The normalized spacial score (nSPS) is 20.8. The first-order valence-electron chi connectivity index (χ1n) is 9.80. The molecule has 8 heteroatoms. The van der Waals surface area contributed by atoms with Crippen LogP contribution in [0.1, 0.15) is 44.3 Å². The number of likely N-dealkylation sites (tertiary alicyclic amines) is 1. The standard InChI is InChI=1S/C20H25N5O2S/c1-13(19(27)24-11-5-6-15(12-24)17(21)26)28-20-22-18(14-9-10-14)25(23-20)16-7-3-2-4-8-16/h2-4,7-8,13-15H,5-6,9-12H2,1H3,(H2,21,26). The van der Waals surface area contributed by atoms with Gasteiger partial charge in [-0.2, -0.15) is 0 Å². The smallest absolute Gasteiger partial charge is 0.235 e. The van der Waals surface area contributed by atoms with Crippen molar-refractivity contribution >= 4 is 23.6 Å². The molecule has 2 amide bonds. The molecule has 28 heavy (non-hydrogen) atoms. The van der Waals surface area contributed by atoms with Gasteiger partial charge in [0.15, 0.2) is 0 Å². The highest BCUT2D eigenvalue weighted by Gasteiger charge is 2.33. The highest BCUT2D eigenvalue weighted by Crippen LogP contribution is 2.40. The van der Waals surface area contributed by atoms with Crippen molar-refractivity contribution in [3.8, 4) is 5.69 Å². The number of hydrogen-bond donors (Lipinski definition) is 1. The lowest BCUT2D eigenvalue weighted by Crippen LogP contribution is -2.46. The number of carbonyl (C=O) groups excluding carboxylic acids is 2. The summed E-state index contributed by atoms with van der Waals surface area (Å²) in [6.45, 7) is 2.96. The van der Waals surface area contributed by atoms with E-state index in [2.05, 4.69) is 5.10 Å². The maximum atomic E-state index is 12.9. The van der Waals surface area contributed by atoms with Crippen molar-refractivity contribution in [2.45, 2.75) is 48.9 Å². The summed E-state index contributed by atoms with van der Waals surface area (Å²) in [5, 5.41) is 4.98. The van der Waals surface area contributed by atoms with E-state index in [9.17, 15) is 9.59 Å². The van der Waals surface area contributed by atoms with Gasteiger partial charge in [0, 0.05) is 19.0 Å². The van der Waals surface area contributed by atoms with E-state index in [-0.39, 0.29) is 23.0 Å². The molecule has 1 aromatic carbocycles. The van der Waals surface area contributed by atoms with Gasteiger partial charge in [0.1, 0.15) is 5.82 Å². The highest BCUT2D eigenvalue weighted by atomic mass is 32.2. The van der Waals surface area contributed by atoms with Gasteiger partial charge in [-0.3, -0.25) is 9.59 Å². The number of aromatic nitrogens is 3. The average molecular weight is 400 g/mol. The van der Waals surface area contributed by atoms with Crippen LogP contribution < -0.4 is 5.73 Å². The summed E-state index contributed by atoms with van der Waals surface area (Å²) >= 11 is 1.38. The van der Waals surface area contributed by atoms with Crippen molar-refractivity contribution in [1.29, 1.82) is 0 Å². The Morgan fingerprint density at radius 2 is 1.96 bits per heavy atom. The molecule has 148 valence electrons. The number of rotatable bonds is 6. The molecule has 2 atom stereocenters. The molecule has 1 aromatic heterocycles. The summed E-state index contributed by atoms with van der Waals surface area (Å²) in [4.78, 5) is 30.8. The van der Waals surface area contributed by atoms with Gasteiger partial charge in [0.05, 0.1) is 16.9 Å². The molecule has 2 fully saturated rings. The van der Waals surface area contributed by atoms with Gasteiger partial charge in [-0.05, 0) is 44.7 Å². The first kappa shape index (κ1) is 19.0. The third-order valence-electron chi connectivity index (χ3n) is 5.32. The second-order valence-corrected chi connectivity index (χ2v) is 8.87. The summed E-state index contributed by atoms with van der Waals surface area (Å²) < 4.78 is 1.90. The Balaban J connectivity index is 1.48. The minimum absolute atomic E-state index is 0.0139. The lowest BCUT2D eigenvalue weighted by atomic mass is 9.97. The van der Waals surface area contributed by atoms with E-state index in [1.165, 1.54) is 11.8 Å². The van der Waals surface area contributed by atoms with Crippen LogP contribution >= 0.6 is 11.8 Å². The molecular weight excluding hydrogens is 374 g/mol. The number of hydrogen-bond acceptors (Lipinski definition) is 5. The molecule has 1 saturated heterocycles. The molecule has 2 aromatic rings. The monoisotopic (exact) mass is 399 g/mol. The first-order chi connectivity index (χ1) is 13.5. The number of nitrogens with zero attached hydrogens (tertiary/aromatic N) is 4. The lowest BCUT2D eigenvalue weighted by molar-refractivity contribution is -0.134. The maximum absolute atomic E-state index is 12.9. The number of nitrogens with two attached hydrogens (primary N) is 1. The summed E-state index contributed by atoms with van der Waals surface area (Å²) in [6, 6.07) is 9.98. The lowest BCUT2D eigenvalue weighted by Gasteiger charge is -2.32. The molecule has 0 radical (unpaired) electrons. The van der Waals surface area contributed by atoms with Gasteiger partial charge in [-0.15, -0.1) is 5.10 Å². The molecule has 0 spiro atoms. The van der Waals surface area contributed by atoms with E-state index in [0.29, 0.717) is 24.2 Å². The molecule has 0 bridgehead atoms. The van der Waals surface area contributed by atoms with E-state index in [0.717, 1.165) is 37.2 Å². The number of piperidine rings is 1. The van der Waals surface area contributed by atoms with Gasteiger partial charge >= 0.3 is 0 Å². The van der Waals surface area contributed by atoms with Crippen molar-refractivity contribution in [1.82, 2.24) is 19.7 Å². The Morgan fingerprint density at radius 1 is 1.21 bits per heavy atom. The van der Waals surface area contributed by atoms with Crippen molar-refractivity contribution in [2.24, 2.45) is 11.7 Å². The van der Waals surface area contributed by atoms with E-state index in [4.69, 9.17) is 10.7 Å². The molecule has 4 rings (SSSR count). The van der Waals surface area contributed by atoms with Crippen LogP contribution in [0.5, 0.6) is 0 Å². The molecule has 1 aliphatic carbocycles. The average Bonchev–Trinajstić information content (AvgIpc) is 3.48. The third kappa shape index (κ3) is 4.06. The van der Waals surface area contributed by atoms with Crippen molar-refractivity contribution < 1.29 is 9.59 Å². The Kier molecular flexibility index (Phi) is 5.39. The van der Waals surface area contributed by atoms with E-state index < -0.39 is 0 Å². The summed E-state index contributed by atoms with van der Waals surface area (Å²) in [5.41, 5.74) is 6.42. The largest absolute Gasteiger partial charge is 0.369 e. The number of carbonyl (C=O) groups is 2. The SMILES string of the molecule is CC(Sc1nc(C2CC2)n(-c2ccccc2)n1)C(=O)N1CCCC(C(N)=O)C1. The zero-order valence-corrected chi connectivity index (χ0v) is 16.8. The van der Waals surface area contributed by atoms with Crippen molar-refractivity contribution in [3.63, 3.8) is 0 Å². The van der Waals surface area contributed by atoms with E-state index >= 15 is 0 Å². The van der Waals surface area contributed by atoms with Gasteiger partial charge in [0.2, 0.25) is 17.0 Å². The predicted octanol–water partition coefficient (Wildman–Crippen LogP) is 2.35. The number of amides is 2. The Labute approximate surface area is 168 Å². The van der Waals surface area contributed by atoms with Crippen LogP contribution in [-0.4, -0.2) is 49.8 Å². The quantitative estimate of drug-likeness (QED) is 0.753. The molecule has 1 aliphatic heterocycles.